The Labute approximate surface area is 115 Å². The highest BCUT2D eigenvalue weighted by Gasteiger charge is 2.03. The second kappa shape index (κ2) is 6.28. The van der Waals surface area contributed by atoms with Gasteiger partial charge in [0, 0.05) is 6.07 Å². The Kier molecular flexibility index (Phi) is 4.45. The van der Waals surface area contributed by atoms with E-state index in [9.17, 15) is 0 Å². The normalized spacial score (nSPS) is 10.3. The highest BCUT2D eigenvalue weighted by atomic mass is 16.5. The lowest BCUT2D eigenvalue weighted by molar-refractivity contribution is 0.303. The van der Waals surface area contributed by atoms with Crippen molar-refractivity contribution in [1.82, 2.24) is 0 Å². The third kappa shape index (κ3) is 3.50. The van der Waals surface area contributed by atoms with Crippen LogP contribution in [0.3, 0.4) is 0 Å². The lowest BCUT2D eigenvalue weighted by atomic mass is 10.1. The smallest absolute Gasteiger partial charge is 0.125 e. The molecular weight excluding hydrogens is 236 g/mol. The third-order valence-corrected chi connectivity index (χ3v) is 3.17. The van der Waals surface area contributed by atoms with E-state index in [4.69, 9.17) is 9.47 Å². The van der Waals surface area contributed by atoms with Gasteiger partial charge >= 0.3 is 0 Å². The highest BCUT2D eigenvalue weighted by molar-refractivity contribution is 5.40. The van der Waals surface area contributed by atoms with Gasteiger partial charge in [0.1, 0.15) is 18.1 Å². The molecule has 19 heavy (non-hydrogen) atoms. The van der Waals surface area contributed by atoms with Gasteiger partial charge < -0.3 is 9.47 Å². The van der Waals surface area contributed by atoms with Crippen molar-refractivity contribution in [2.75, 3.05) is 7.11 Å². The molecule has 0 aliphatic carbocycles. The molecule has 2 aromatic rings. The molecule has 100 valence electrons. The first-order valence-electron chi connectivity index (χ1n) is 6.58. The van der Waals surface area contributed by atoms with Gasteiger partial charge in [0.15, 0.2) is 0 Å². The molecule has 2 aromatic carbocycles. The van der Waals surface area contributed by atoms with Crippen LogP contribution in [0.5, 0.6) is 11.5 Å². The zero-order chi connectivity index (χ0) is 13.7. The molecule has 0 N–H and O–H groups in total. The lowest BCUT2D eigenvalue weighted by Gasteiger charge is -2.11. The molecule has 0 atom stereocenters. The first kappa shape index (κ1) is 13.5. The third-order valence-electron chi connectivity index (χ3n) is 3.17. The molecular formula is C17H20O2. The first-order chi connectivity index (χ1) is 9.22. The number of hydrogen-bond donors (Lipinski definition) is 0. The van der Waals surface area contributed by atoms with E-state index >= 15 is 0 Å². The fourth-order valence-corrected chi connectivity index (χ4v) is 1.96. The summed E-state index contributed by atoms with van der Waals surface area (Å²) >= 11 is 0. The molecule has 0 saturated carbocycles. The highest BCUT2D eigenvalue weighted by Crippen LogP contribution is 2.25. The molecule has 0 saturated heterocycles. The minimum absolute atomic E-state index is 0.578. The number of hydrogen-bond acceptors (Lipinski definition) is 2. The van der Waals surface area contributed by atoms with Crippen molar-refractivity contribution in [3.8, 4) is 11.5 Å². The van der Waals surface area contributed by atoms with Crippen molar-refractivity contribution in [1.29, 1.82) is 0 Å². The van der Waals surface area contributed by atoms with Crippen molar-refractivity contribution in [3.05, 3.63) is 59.2 Å². The van der Waals surface area contributed by atoms with Gasteiger partial charge in [-0.15, -0.1) is 0 Å². The Bertz CT molecular complexity index is 529. The second-order valence-corrected chi connectivity index (χ2v) is 4.60. The van der Waals surface area contributed by atoms with Crippen molar-refractivity contribution < 1.29 is 9.47 Å². The molecule has 0 spiro atoms. The predicted octanol–water partition coefficient (Wildman–Crippen LogP) is 4.15. The van der Waals surface area contributed by atoms with Gasteiger partial charge in [-0.3, -0.25) is 0 Å². The Morgan fingerprint density at radius 2 is 1.74 bits per heavy atom. The topological polar surface area (TPSA) is 18.5 Å². The Hall–Kier alpha value is -1.96. The van der Waals surface area contributed by atoms with Crippen molar-refractivity contribution in [3.63, 3.8) is 0 Å². The van der Waals surface area contributed by atoms with Crippen LogP contribution in [0.15, 0.2) is 42.5 Å². The predicted molar refractivity (Wildman–Crippen MR) is 77.9 cm³/mol. The van der Waals surface area contributed by atoms with Crippen LogP contribution in [-0.4, -0.2) is 7.11 Å². The fourth-order valence-electron chi connectivity index (χ4n) is 1.96. The molecule has 0 aliphatic rings. The van der Waals surface area contributed by atoms with Crippen LogP contribution in [0.2, 0.25) is 0 Å². The molecule has 0 fully saturated rings. The summed E-state index contributed by atoms with van der Waals surface area (Å²) in [6.45, 7) is 4.78. The fraction of sp³-hybridized carbons (Fsp3) is 0.294. The first-order valence-corrected chi connectivity index (χ1v) is 6.58. The van der Waals surface area contributed by atoms with Crippen LogP contribution in [0, 0.1) is 6.92 Å². The molecule has 0 aromatic heterocycles. The maximum atomic E-state index is 5.79. The average Bonchev–Trinajstić information content (AvgIpc) is 2.46. The summed E-state index contributed by atoms with van der Waals surface area (Å²) in [5.74, 6) is 1.73. The van der Waals surface area contributed by atoms with Gasteiger partial charge in [-0.25, -0.2) is 0 Å². The Morgan fingerprint density at radius 3 is 2.37 bits per heavy atom. The minimum Gasteiger partial charge on any atom is -0.496 e. The van der Waals surface area contributed by atoms with Gasteiger partial charge in [-0.05, 0) is 30.5 Å². The molecule has 2 nitrogen and oxygen atoms in total. The molecule has 0 aliphatic heterocycles. The van der Waals surface area contributed by atoms with Gasteiger partial charge in [0.25, 0.3) is 0 Å². The monoisotopic (exact) mass is 256 g/mol. The van der Waals surface area contributed by atoms with Crippen LogP contribution >= 0.6 is 0 Å². The van der Waals surface area contributed by atoms with E-state index in [0.29, 0.717) is 6.61 Å². The minimum atomic E-state index is 0.578. The molecule has 2 heteroatoms. The molecule has 0 heterocycles. The SMILES string of the molecule is CCc1ccc(OCc2ccc(C)cc2)cc1OC. The maximum absolute atomic E-state index is 5.79. The summed E-state index contributed by atoms with van der Waals surface area (Å²) in [4.78, 5) is 0. The van der Waals surface area contributed by atoms with Gasteiger partial charge in [-0.2, -0.15) is 0 Å². The van der Waals surface area contributed by atoms with E-state index in [2.05, 4.69) is 44.2 Å². The van der Waals surface area contributed by atoms with Crippen LogP contribution in [0.4, 0.5) is 0 Å². The van der Waals surface area contributed by atoms with Crippen LogP contribution < -0.4 is 9.47 Å². The zero-order valence-electron chi connectivity index (χ0n) is 11.8. The van der Waals surface area contributed by atoms with Crippen molar-refractivity contribution in [2.24, 2.45) is 0 Å². The van der Waals surface area contributed by atoms with E-state index < -0.39 is 0 Å². The number of benzene rings is 2. The maximum Gasteiger partial charge on any atom is 0.125 e. The number of rotatable bonds is 5. The molecule has 0 unspecified atom stereocenters. The Morgan fingerprint density at radius 1 is 1.00 bits per heavy atom. The van der Waals surface area contributed by atoms with E-state index in [1.54, 1.807) is 7.11 Å². The average molecular weight is 256 g/mol. The number of aryl methyl sites for hydroxylation is 2. The summed E-state index contributed by atoms with van der Waals surface area (Å²) in [7, 11) is 1.69. The largest absolute Gasteiger partial charge is 0.496 e. The van der Waals surface area contributed by atoms with E-state index in [0.717, 1.165) is 17.9 Å². The quantitative estimate of drug-likeness (QED) is 0.800. The summed E-state index contributed by atoms with van der Waals surface area (Å²) < 4.78 is 11.2. The van der Waals surface area contributed by atoms with E-state index in [-0.39, 0.29) is 0 Å². The zero-order valence-corrected chi connectivity index (χ0v) is 11.8. The molecule has 2 rings (SSSR count). The van der Waals surface area contributed by atoms with Gasteiger partial charge in [-0.1, -0.05) is 42.8 Å². The van der Waals surface area contributed by atoms with Crippen molar-refractivity contribution >= 4 is 0 Å². The van der Waals surface area contributed by atoms with Crippen molar-refractivity contribution in [2.45, 2.75) is 26.9 Å². The number of methoxy groups -OCH3 is 1. The molecule has 0 bridgehead atoms. The summed E-state index contributed by atoms with van der Waals surface area (Å²) in [5.41, 5.74) is 3.63. The standard InChI is InChI=1S/C17H20O2/c1-4-15-9-10-16(11-17(15)18-3)19-12-14-7-5-13(2)6-8-14/h5-11H,4,12H2,1-3H3. The van der Waals surface area contributed by atoms with Gasteiger partial charge in [0.05, 0.1) is 7.11 Å². The Balaban J connectivity index is 2.05. The molecule has 0 amide bonds. The second-order valence-electron chi connectivity index (χ2n) is 4.60. The number of ether oxygens (including phenoxy) is 2. The van der Waals surface area contributed by atoms with E-state index in [1.165, 1.54) is 16.7 Å². The van der Waals surface area contributed by atoms with Crippen LogP contribution in [0.1, 0.15) is 23.6 Å². The van der Waals surface area contributed by atoms with E-state index in [1.807, 2.05) is 12.1 Å². The summed E-state index contributed by atoms with van der Waals surface area (Å²) in [5, 5.41) is 0. The van der Waals surface area contributed by atoms with Gasteiger partial charge in [0.2, 0.25) is 0 Å². The van der Waals surface area contributed by atoms with Crippen LogP contribution in [-0.2, 0) is 13.0 Å². The molecule has 0 radical (unpaired) electrons. The lowest BCUT2D eigenvalue weighted by Crippen LogP contribution is -1.97. The van der Waals surface area contributed by atoms with Crippen LogP contribution in [0.25, 0.3) is 0 Å². The summed E-state index contributed by atoms with van der Waals surface area (Å²) in [6, 6.07) is 14.4. The summed E-state index contributed by atoms with van der Waals surface area (Å²) in [6.07, 6.45) is 0.960.